The van der Waals surface area contributed by atoms with E-state index in [1.54, 1.807) is 7.11 Å². The summed E-state index contributed by atoms with van der Waals surface area (Å²) >= 11 is 0. The van der Waals surface area contributed by atoms with E-state index in [2.05, 4.69) is 37.4 Å². The molecule has 0 bridgehead atoms. The van der Waals surface area contributed by atoms with Crippen molar-refractivity contribution >= 4 is 0 Å². The van der Waals surface area contributed by atoms with E-state index in [0.29, 0.717) is 11.8 Å². The molecule has 0 radical (unpaired) electrons. The Bertz CT molecular complexity index is 367. The maximum Gasteiger partial charge on any atom is 0.122 e. The van der Waals surface area contributed by atoms with Crippen molar-refractivity contribution in [1.82, 2.24) is 5.32 Å². The zero-order chi connectivity index (χ0) is 12.3. The molecule has 2 rings (SSSR count). The van der Waals surface area contributed by atoms with Gasteiger partial charge in [-0.1, -0.05) is 26.0 Å². The lowest BCUT2D eigenvalue weighted by molar-refractivity contribution is 0.402. The Hall–Kier alpha value is -1.02. The molecule has 1 aliphatic rings. The summed E-state index contributed by atoms with van der Waals surface area (Å²) in [4.78, 5) is 0. The maximum atomic E-state index is 5.52. The number of rotatable bonds is 3. The molecule has 1 fully saturated rings. The number of methoxy groups -OCH3 is 1. The molecule has 0 amide bonds. The number of ether oxygens (including phenoxy) is 1. The molecule has 1 N–H and O–H groups in total. The van der Waals surface area contributed by atoms with Crippen LogP contribution < -0.4 is 10.1 Å². The van der Waals surface area contributed by atoms with Gasteiger partial charge in [-0.25, -0.2) is 0 Å². The molecule has 0 spiro atoms. The van der Waals surface area contributed by atoms with Gasteiger partial charge in [0.25, 0.3) is 0 Å². The van der Waals surface area contributed by atoms with Gasteiger partial charge in [0.15, 0.2) is 0 Å². The molecule has 0 aliphatic carbocycles. The summed E-state index contributed by atoms with van der Waals surface area (Å²) in [6.45, 7) is 6.78. The van der Waals surface area contributed by atoms with Gasteiger partial charge >= 0.3 is 0 Å². The van der Waals surface area contributed by atoms with E-state index in [1.165, 1.54) is 24.0 Å². The second-order valence-corrected chi connectivity index (χ2v) is 5.14. The van der Waals surface area contributed by atoms with Crippen LogP contribution in [-0.4, -0.2) is 20.2 Å². The predicted octanol–water partition coefficient (Wildman–Crippen LogP) is 3.29. The molecule has 2 nitrogen and oxygen atoms in total. The van der Waals surface area contributed by atoms with E-state index in [4.69, 9.17) is 4.74 Å². The zero-order valence-electron chi connectivity index (χ0n) is 11.1. The van der Waals surface area contributed by atoms with Crippen LogP contribution in [0.3, 0.4) is 0 Å². The zero-order valence-corrected chi connectivity index (χ0v) is 11.1. The summed E-state index contributed by atoms with van der Waals surface area (Å²) in [5, 5.41) is 3.43. The lowest BCUT2D eigenvalue weighted by atomic mass is 9.83. The molecular formula is C15H23NO. The van der Waals surface area contributed by atoms with Crippen molar-refractivity contribution < 1.29 is 4.74 Å². The number of hydrogen-bond acceptors (Lipinski definition) is 2. The largest absolute Gasteiger partial charge is 0.496 e. The highest BCUT2D eigenvalue weighted by atomic mass is 16.5. The first kappa shape index (κ1) is 12.4. The first-order chi connectivity index (χ1) is 8.24. The molecule has 1 aliphatic heterocycles. The van der Waals surface area contributed by atoms with Gasteiger partial charge in [-0.15, -0.1) is 0 Å². The van der Waals surface area contributed by atoms with Crippen LogP contribution in [-0.2, 0) is 0 Å². The van der Waals surface area contributed by atoms with Crippen molar-refractivity contribution in [3.05, 3.63) is 29.3 Å². The first-order valence-corrected chi connectivity index (χ1v) is 6.61. The van der Waals surface area contributed by atoms with Gasteiger partial charge in [-0.3, -0.25) is 0 Å². The molecule has 0 saturated carbocycles. The maximum absolute atomic E-state index is 5.52. The Labute approximate surface area is 104 Å². The van der Waals surface area contributed by atoms with E-state index in [0.717, 1.165) is 18.8 Å². The Morgan fingerprint density at radius 2 is 1.94 bits per heavy atom. The standard InChI is InChI=1S/C15H23NO/c1-11(2)15-13(5-4-6-14(15)17-3)12-7-9-16-10-8-12/h4-6,11-12,16H,7-10H2,1-3H3. The molecule has 1 aromatic rings. The molecule has 1 saturated heterocycles. The minimum Gasteiger partial charge on any atom is -0.496 e. The topological polar surface area (TPSA) is 21.3 Å². The van der Waals surface area contributed by atoms with Gasteiger partial charge < -0.3 is 10.1 Å². The van der Waals surface area contributed by atoms with Crippen molar-refractivity contribution in [3.8, 4) is 5.75 Å². The summed E-state index contributed by atoms with van der Waals surface area (Å²) in [5.41, 5.74) is 2.91. The van der Waals surface area contributed by atoms with Gasteiger partial charge in [-0.2, -0.15) is 0 Å². The molecule has 94 valence electrons. The third kappa shape index (κ3) is 2.63. The van der Waals surface area contributed by atoms with E-state index < -0.39 is 0 Å². The van der Waals surface area contributed by atoms with Crippen LogP contribution in [0.5, 0.6) is 5.75 Å². The lowest BCUT2D eigenvalue weighted by Crippen LogP contribution is -2.27. The summed E-state index contributed by atoms with van der Waals surface area (Å²) in [6, 6.07) is 6.50. The van der Waals surface area contributed by atoms with Crippen LogP contribution in [0.2, 0.25) is 0 Å². The Balaban J connectivity index is 2.37. The smallest absolute Gasteiger partial charge is 0.122 e. The Morgan fingerprint density at radius 3 is 2.53 bits per heavy atom. The number of nitrogens with one attached hydrogen (secondary N) is 1. The van der Waals surface area contributed by atoms with Crippen LogP contribution in [0.1, 0.15) is 49.7 Å². The molecule has 1 heterocycles. The van der Waals surface area contributed by atoms with Crippen molar-refractivity contribution in [2.24, 2.45) is 0 Å². The van der Waals surface area contributed by atoms with Crippen LogP contribution in [0, 0.1) is 0 Å². The van der Waals surface area contributed by atoms with Gasteiger partial charge in [0.2, 0.25) is 0 Å². The van der Waals surface area contributed by atoms with Gasteiger partial charge in [-0.05, 0) is 49.4 Å². The molecule has 1 aromatic carbocycles. The third-order valence-corrected chi connectivity index (χ3v) is 3.68. The number of piperidine rings is 1. The second kappa shape index (κ2) is 5.54. The fraction of sp³-hybridized carbons (Fsp3) is 0.600. The average Bonchev–Trinajstić information content (AvgIpc) is 2.38. The summed E-state index contributed by atoms with van der Waals surface area (Å²) < 4.78 is 5.52. The SMILES string of the molecule is COc1cccc(C2CCNCC2)c1C(C)C. The molecular weight excluding hydrogens is 210 g/mol. The number of benzene rings is 1. The van der Waals surface area contributed by atoms with Crippen LogP contribution in [0.25, 0.3) is 0 Å². The van der Waals surface area contributed by atoms with Crippen molar-refractivity contribution in [2.45, 2.75) is 38.5 Å². The van der Waals surface area contributed by atoms with E-state index in [-0.39, 0.29) is 0 Å². The van der Waals surface area contributed by atoms with Gasteiger partial charge in [0, 0.05) is 5.56 Å². The van der Waals surface area contributed by atoms with Crippen LogP contribution in [0.15, 0.2) is 18.2 Å². The number of hydrogen-bond donors (Lipinski definition) is 1. The second-order valence-electron chi connectivity index (χ2n) is 5.14. The van der Waals surface area contributed by atoms with Crippen molar-refractivity contribution in [2.75, 3.05) is 20.2 Å². The summed E-state index contributed by atoms with van der Waals surface area (Å²) in [6.07, 6.45) is 2.49. The highest BCUT2D eigenvalue weighted by molar-refractivity contribution is 5.44. The Morgan fingerprint density at radius 1 is 1.24 bits per heavy atom. The third-order valence-electron chi connectivity index (χ3n) is 3.68. The minimum absolute atomic E-state index is 0.524. The predicted molar refractivity (Wildman–Crippen MR) is 71.9 cm³/mol. The summed E-state index contributed by atoms with van der Waals surface area (Å²) in [5.74, 6) is 2.27. The average molecular weight is 233 g/mol. The van der Waals surface area contributed by atoms with Gasteiger partial charge in [0.1, 0.15) is 5.75 Å². The van der Waals surface area contributed by atoms with Crippen molar-refractivity contribution in [3.63, 3.8) is 0 Å². The molecule has 2 heteroatoms. The molecule has 0 unspecified atom stereocenters. The monoisotopic (exact) mass is 233 g/mol. The normalized spacial score (nSPS) is 17.4. The molecule has 0 atom stereocenters. The van der Waals surface area contributed by atoms with Crippen molar-refractivity contribution in [1.29, 1.82) is 0 Å². The fourth-order valence-electron chi connectivity index (χ4n) is 2.85. The highest BCUT2D eigenvalue weighted by Crippen LogP contribution is 2.37. The lowest BCUT2D eigenvalue weighted by Gasteiger charge is -2.27. The van der Waals surface area contributed by atoms with Gasteiger partial charge in [0.05, 0.1) is 7.11 Å². The van der Waals surface area contributed by atoms with E-state index in [9.17, 15) is 0 Å². The highest BCUT2D eigenvalue weighted by Gasteiger charge is 2.21. The van der Waals surface area contributed by atoms with E-state index >= 15 is 0 Å². The minimum atomic E-state index is 0.524. The molecule has 0 aromatic heterocycles. The first-order valence-electron chi connectivity index (χ1n) is 6.61. The van der Waals surface area contributed by atoms with Crippen LogP contribution >= 0.6 is 0 Å². The quantitative estimate of drug-likeness (QED) is 0.865. The van der Waals surface area contributed by atoms with Crippen LogP contribution in [0.4, 0.5) is 0 Å². The van der Waals surface area contributed by atoms with E-state index in [1.807, 2.05) is 0 Å². The summed E-state index contributed by atoms with van der Waals surface area (Å²) in [7, 11) is 1.77. The Kier molecular flexibility index (Phi) is 4.06. The fourth-order valence-corrected chi connectivity index (χ4v) is 2.85. The molecule has 17 heavy (non-hydrogen) atoms.